The third-order valence-electron chi connectivity index (χ3n) is 3.24. The Morgan fingerprint density at radius 3 is 2.93 bits per heavy atom. The molecule has 0 unspecified atom stereocenters. The van der Waals surface area contributed by atoms with Crippen LogP contribution in [-0.2, 0) is 19.0 Å². The van der Waals surface area contributed by atoms with E-state index in [1.54, 1.807) is 7.11 Å². The number of hydrogen-bond acceptors (Lipinski definition) is 4. The van der Waals surface area contributed by atoms with E-state index in [9.17, 15) is 4.79 Å². The van der Waals surface area contributed by atoms with Crippen LogP contribution in [0.15, 0.2) is 0 Å². The molecule has 2 bridgehead atoms. The van der Waals surface area contributed by atoms with Gasteiger partial charge in [0.2, 0.25) is 0 Å². The number of esters is 1. The van der Waals surface area contributed by atoms with Crippen LogP contribution < -0.4 is 0 Å². The van der Waals surface area contributed by atoms with Crippen molar-refractivity contribution in [1.82, 2.24) is 0 Å². The molecule has 0 spiro atoms. The minimum atomic E-state index is -0.356. The molecule has 0 aromatic carbocycles. The highest BCUT2D eigenvalue weighted by Crippen LogP contribution is 2.46. The van der Waals surface area contributed by atoms with Gasteiger partial charge in [-0.1, -0.05) is 0 Å². The van der Waals surface area contributed by atoms with Gasteiger partial charge in [0.1, 0.15) is 12.2 Å². The molecule has 0 aromatic heterocycles. The maximum absolute atomic E-state index is 10.7. The second-order valence-corrected chi connectivity index (χ2v) is 4.11. The van der Waals surface area contributed by atoms with Gasteiger partial charge < -0.3 is 14.2 Å². The van der Waals surface area contributed by atoms with Crippen LogP contribution in [0.1, 0.15) is 19.8 Å². The largest absolute Gasteiger partial charge is 0.463 e. The van der Waals surface area contributed by atoms with Crippen LogP contribution in [0, 0.1) is 5.92 Å². The van der Waals surface area contributed by atoms with Gasteiger partial charge in [-0.15, -0.1) is 0 Å². The predicted molar refractivity (Wildman–Crippen MR) is 48.8 cm³/mol. The summed E-state index contributed by atoms with van der Waals surface area (Å²) in [6.07, 6.45) is 2.14. The van der Waals surface area contributed by atoms with Crippen LogP contribution in [0.5, 0.6) is 0 Å². The fourth-order valence-electron chi connectivity index (χ4n) is 2.58. The summed E-state index contributed by atoms with van der Waals surface area (Å²) in [6.45, 7) is 2.48. The van der Waals surface area contributed by atoms with Gasteiger partial charge in [-0.25, -0.2) is 0 Å². The highest BCUT2D eigenvalue weighted by molar-refractivity contribution is 5.66. The number of ether oxygens (including phenoxy) is 3. The van der Waals surface area contributed by atoms with E-state index in [4.69, 9.17) is 14.2 Å². The minimum absolute atomic E-state index is 0.0989. The molecule has 1 heterocycles. The summed E-state index contributed by atoms with van der Waals surface area (Å²) < 4.78 is 16.1. The van der Waals surface area contributed by atoms with Crippen molar-refractivity contribution in [2.24, 2.45) is 5.92 Å². The molecule has 3 atom stereocenters. The third kappa shape index (κ3) is 1.42. The topological polar surface area (TPSA) is 44.8 Å². The fourth-order valence-corrected chi connectivity index (χ4v) is 2.58. The lowest BCUT2D eigenvalue weighted by Crippen LogP contribution is -2.42. The summed E-state index contributed by atoms with van der Waals surface area (Å²) in [4.78, 5) is 10.7. The molecule has 2 fully saturated rings. The maximum atomic E-state index is 10.7. The Morgan fingerprint density at radius 2 is 2.43 bits per heavy atom. The van der Waals surface area contributed by atoms with E-state index in [2.05, 4.69) is 0 Å². The lowest BCUT2D eigenvalue weighted by molar-refractivity contribution is -0.156. The third-order valence-corrected chi connectivity index (χ3v) is 3.24. The second-order valence-electron chi connectivity index (χ2n) is 4.11. The van der Waals surface area contributed by atoms with Crippen LogP contribution >= 0.6 is 0 Å². The normalized spacial score (nSPS) is 40.1. The molecular formula is C10H16O4. The molecule has 4 heteroatoms. The van der Waals surface area contributed by atoms with Crippen molar-refractivity contribution in [3.63, 3.8) is 0 Å². The van der Waals surface area contributed by atoms with Crippen LogP contribution in [0.4, 0.5) is 0 Å². The monoisotopic (exact) mass is 200 g/mol. The number of fused-ring (bicyclic) bond motifs is 2. The molecule has 0 aromatic rings. The van der Waals surface area contributed by atoms with Gasteiger partial charge in [0.15, 0.2) is 0 Å². The van der Waals surface area contributed by atoms with E-state index >= 15 is 0 Å². The predicted octanol–water partition coefficient (Wildman–Crippen LogP) is 0.744. The van der Waals surface area contributed by atoms with E-state index in [1.165, 1.54) is 6.92 Å². The van der Waals surface area contributed by atoms with E-state index in [0.717, 1.165) is 19.4 Å². The van der Waals surface area contributed by atoms with Gasteiger partial charge in [-0.3, -0.25) is 4.79 Å². The average Bonchev–Trinajstić information content (AvgIpc) is 2.69. The first-order chi connectivity index (χ1) is 6.68. The van der Waals surface area contributed by atoms with E-state index in [1.807, 2.05) is 0 Å². The zero-order valence-electron chi connectivity index (χ0n) is 8.62. The van der Waals surface area contributed by atoms with Gasteiger partial charge in [-0.05, 0) is 12.8 Å². The summed E-state index contributed by atoms with van der Waals surface area (Å²) in [5.41, 5.74) is -0.356. The molecule has 0 radical (unpaired) electrons. The highest BCUT2D eigenvalue weighted by atomic mass is 16.6. The van der Waals surface area contributed by atoms with Crippen LogP contribution in [0.25, 0.3) is 0 Å². The van der Waals surface area contributed by atoms with Gasteiger partial charge in [0.25, 0.3) is 0 Å². The molecule has 1 aliphatic carbocycles. The van der Waals surface area contributed by atoms with Crippen molar-refractivity contribution in [2.45, 2.75) is 31.5 Å². The number of carbonyl (C=O) groups excluding carboxylic acids is 1. The maximum Gasteiger partial charge on any atom is 0.302 e. The van der Waals surface area contributed by atoms with Crippen LogP contribution in [0.2, 0.25) is 0 Å². The Bertz CT molecular complexity index is 230. The highest BCUT2D eigenvalue weighted by Gasteiger charge is 2.56. The first kappa shape index (κ1) is 9.93. The fraction of sp³-hybridized carbons (Fsp3) is 0.900. The number of carbonyl (C=O) groups is 1. The quantitative estimate of drug-likeness (QED) is 0.630. The lowest BCUT2D eigenvalue weighted by atomic mass is 10.0. The van der Waals surface area contributed by atoms with Crippen molar-refractivity contribution in [3.8, 4) is 0 Å². The molecule has 0 N–H and O–H groups in total. The minimum Gasteiger partial charge on any atom is -0.463 e. The summed E-state index contributed by atoms with van der Waals surface area (Å²) in [7, 11) is 1.69. The Hall–Kier alpha value is -0.610. The number of hydrogen-bond donors (Lipinski definition) is 0. The number of rotatable bonds is 3. The number of methoxy groups -OCH3 is 1. The molecule has 14 heavy (non-hydrogen) atoms. The first-order valence-corrected chi connectivity index (χ1v) is 4.98. The van der Waals surface area contributed by atoms with Gasteiger partial charge in [-0.2, -0.15) is 0 Å². The van der Waals surface area contributed by atoms with Crippen molar-refractivity contribution in [1.29, 1.82) is 0 Å². The first-order valence-electron chi connectivity index (χ1n) is 4.98. The summed E-state index contributed by atoms with van der Waals surface area (Å²) >= 11 is 0. The molecule has 1 saturated carbocycles. The van der Waals surface area contributed by atoms with Crippen LogP contribution in [0.3, 0.4) is 0 Å². The van der Waals surface area contributed by atoms with E-state index < -0.39 is 0 Å². The Kier molecular flexibility index (Phi) is 2.49. The lowest BCUT2D eigenvalue weighted by Gasteiger charge is -2.29. The van der Waals surface area contributed by atoms with Gasteiger partial charge in [0.05, 0.1) is 12.7 Å². The zero-order chi connectivity index (χ0) is 10.2. The molecule has 1 saturated heterocycles. The summed E-state index contributed by atoms with van der Waals surface area (Å²) in [5, 5.41) is 0. The van der Waals surface area contributed by atoms with Crippen molar-refractivity contribution in [2.75, 3.05) is 20.3 Å². The molecule has 4 nitrogen and oxygen atoms in total. The van der Waals surface area contributed by atoms with Gasteiger partial charge in [0, 0.05) is 20.0 Å². The van der Waals surface area contributed by atoms with E-state index in [-0.39, 0.29) is 17.7 Å². The summed E-state index contributed by atoms with van der Waals surface area (Å²) in [5.74, 6) is 0.226. The molecule has 0 amide bonds. The second kappa shape index (κ2) is 3.51. The molecule has 2 rings (SSSR count). The van der Waals surface area contributed by atoms with E-state index in [0.29, 0.717) is 12.5 Å². The smallest absolute Gasteiger partial charge is 0.302 e. The van der Waals surface area contributed by atoms with Crippen LogP contribution in [-0.4, -0.2) is 38.0 Å². The van der Waals surface area contributed by atoms with Gasteiger partial charge >= 0.3 is 5.97 Å². The summed E-state index contributed by atoms with van der Waals surface area (Å²) in [6, 6.07) is 0. The molecule has 80 valence electrons. The Morgan fingerprint density at radius 1 is 1.64 bits per heavy atom. The molecular weight excluding hydrogens is 184 g/mol. The Balaban J connectivity index is 2.02. The van der Waals surface area contributed by atoms with Crippen molar-refractivity contribution < 1.29 is 19.0 Å². The zero-order valence-corrected chi connectivity index (χ0v) is 8.62. The molecule has 1 aliphatic heterocycles. The van der Waals surface area contributed by atoms with Crippen molar-refractivity contribution >= 4 is 5.97 Å². The standard InChI is InChI=1S/C10H16O4/c1-7(11)13-6-10-4-3-8(5-14-10)9(10)12-2/h8-9H,3-6H2,1-2H3/t8-,9-,10+/m0/s1. The SMILES string of the molecule is CO[C@H]1[C@H]2CC[C@]1(COC(C)=O)OC2. The Labute approximate surface area is 83.5 Å². The van der Waals surface area contributed by atoms with Crippen molar-refractivity contribution in [3.05, 3.63) is 0 Å². The average molecular weight is 200 g/mol. The molecule has 2 aliphatic rings.